The standard InChI is InChI=1S/C20H20N2O3/c1-13-8-7-11-18(14(13)2)24-12-17-15(3)25-22-19(17)20(23)21-16-9-5-4-6-10-16/h4-11H,12H2,1-3H3,(H,21,23). The number of carbonyl (C=O) groups excluding carboxylic acids is 1. The third kappa shape index (κ3) is 3.71. The minimum Gasteiger partial charge on any atom is -0.488 e. The lowest BCUT2D eigenvalue weighted by Crippen LogP contribution is -2.15. The van der Waals surface area contributed by atoms with Crippen LogP contribution in [-0.2, 0) is 6.61 Å². The zero-order valence-electron chi connectivity index (χ0n) is 14.5. The van der Waals surface area contributed by atoms with E-state index in [4.69, 9.17) is 9.26 Å². The van der Waals surface area contributed by atoms with E-state index in [9.17, 15) is 4.79 Å². The van der Waals surface area contributed by atoms with Gasteiger partial charge in [0.25, 0.3) is 5.91 Å². The summed E-state index contributed by atoms with van der Waals surface area (Å²) < 4.78 is 11.1. The Labute approximate surface area is 146 Å². The van der Waals surface area contributed by atoms with Gasteiger partial charge in [-0.1, -0.05) is 35.5 Å². The number of anilines is 1. The van der Waals surface area contributed by atoms with E-state index in [-0.39, 0.29) is 18.2 Å². The number of nitrogens with one attached hydrogen (secondary N) is 1. The molecule has 0 radical (unpaired) electrons. The van der Waals surface area contributed by atoms with Gasteiger partial charge in [0.05, 0.1) is 5.56 Å². The molecule has 25 heavy (non-hydrogen) atoms. The van der Waals surface area contributed by atoms with E-state index in [1.165, 1.54) is 0 Å². The summed E-state index contributed by atoms with van der Waals surface area (Å²) in [5.74, 6) is 1.04. The SMILES string of the molecule is Cc1cccc(OCc2c(C(=O)Nc3ccccc3)noc2C)c1C. The molecular formula is C20H20N2O3. The van der Waals surface area contributed by atoms with Gasteiger partial charge in [-0.2, -0.15) is 0 Å². The molecule has 5 heteroatoms. The Bertz CT molecular complexity index is 885. The normalized spacial score (nSPS) is 10.5. The summed E-state index contributed by atoms with van der Waals surface area (Å²) in [6.07, 6.45) is 0. The van der Waals surface area contributed by atoms with Gasteiger partial charge in [-0.05, 0) is 50.1 Å². The fourth-order valence-corrected chi connectivity index (χ4v) is 2.48. The van der Waals surface area contributed by atoms with Gasteiger partial charge in [-0.25, -0.2) is 0 Å². The van der Waals surface area contributed by atoms with Gasteiger partial charge in [0, 0.05) is 5.69 Å². The third-order valence-electron chi connectivity index (χ3n) is 4.16. The van der Waals surface area contributed by atoms with Crippen LogP contribution >= 0.6 is 0 Å². The lowest BCUT2D eigenvalue weighted by Gasteiger charge is -2.11. The fourth-order valence-electron chi connectivity index (χ4n) is 2.48. The summed E-state index contributed by atoms with van der Waals surface area (Å²) >= 11 is 0. The quantitative estimate of drug-likeness (QED) is 0.748. The molecule has 128 valence electrons. The molecule has 1 amide bonds. The van der Waals surface area contributed by atoms with Crippen molar-refractivity contribution in [2.45, 2.75) is 27.4 Å². The zero-order valence-corrected chi connectivity index (χ0v) is 14.5. The van der Waals surface area contributed by atoms with E-state index < -0.39 is 0 Å². The first-order chi connectivity index (χ1) is 12.1. The van der Waals surface area contributed by atoms with Gasteiger partial charge < -0.3 is 14.6 Å². The predicted molar refractivity (Wildman–Crippen MR) is 95.9 cm³/mol. The number of amides is 1. The predicted octanol–water partition coefficient (Wildman–Crippen LogP) is 4.43. The highest BCUT2D eigenvalue weighted by atomic mass is 16.5. The van der Waals surface area contributed by atoms with Crippen LogP contribution in [0, 0.1) is 20.8 Å². The number of carbonyl (C=O) groups is 1. The van der Waals surface area contributed by atoms with Crippen molar-refractivity contribution in [2.24, 2.45) is 0 Å². The van der Waals surface area contributed by atoms with Crippen molar-refractivity contribution >= 4 is 11.6 Å². The van der Waals surface area contributed by atoms with E-state index >= 15 is 0 Å². The van der Waals surface area contributed by atoms with Crippen molar-refractivity contribution in [1.29, 1.82) is 0 Å². The van der Waals surface area contributed by atoms with E-state index in [0.717, 1.165) is 16.9 Å². The monoisotopic (exact) mass is 336 g/mol. The number of rotatable bonds is 5. The summed E-state index contributed by atoms with van der Waals surface area (Å²) in [5.41, 5.74) is 3.82. The molecule has 0 saturated carbocycles. The van der Waals surface area contributed by atoms with Crippen LogP contribution in [0.4, 0.5) is 5.69 Å². The van der Waals surface area contributed by atoms with Gasteiger partial charge >= 0.3 is 0 Å². The van der Waals surface area contributed by atoms with Gasteiger partial charge in [0.15, 0.2) is 5.69 Å². The van der Waals surface area contributed by atoms with Crippen LogP contribution in [0.2, 0.25) is 0 Å². The van der Waals surface area contributed by atoms with Crippen molar-refractivity contribution in [2.75, 3.05) is 5.32 Å². The molecule has 0 saturated heterocycles. The molecule has 0 bridgehead atoms. The minimum atomic E-state index is -0.317. The van der Waals surface area contributed by atoms with Gasteiger partial charge in [0.2, 0.25) is 0 Å². The summed E-state index contributed by atoms with van der Waals surface area (Å²) in [6.45, 7) is 6.03. The molecule has 0 atom stereocenters. The molecule has 0 fully saturated rings. The molecule has 1 N–H and O–H groups in total. The minimum absolute atomic E-state index is 0.219. The van der Waals surface area contributed by atoms with E-state index in [0.29, 0.717) is 17.0 Å². The Morgan fingerprint density at radius 1 is 1.08 bits per heavy atom. The number of hydrogen-bond donors (Lipinski definition) is 1. The number of ether oxygens (including phenoxy) is 1. The molecule has 0 unspecified atom stereocenters. The van der Waals surface area contributed by atoms with Crippen molar-refractivity contribution in [3.05, 3.63) is 76.7 Å². The Morgan fingerprint density at radius 2 is 1.84 bits per heavy atom. The van der Waals surface area contributed by atoms with Crippen LogP contribution in [0.25, 0.3) is 0 Å². The molecule has 2 aromatic carbocycles. The molecule has 0 spiro atoms. The van der Waals surface area contributed by atoms with Crippen LogP contribution < -0.4 is 10.1 Å². The Hall–Kier alpha value is -3.08. The molecule has 1 aromatic heterocycles. The molecule has 0 aliphatic heterocycles. The number of benzene rings is 2. The molecule has 3 aromatic rings. The largest absolute Gasteiger partial charge is 0.488 e. The maximum Gasteiger partial charge on any atom is 0.278 e. The maximum absolute atomic E-state index is 12.5. The van der Waals surface area contributed by atoms with Crippen LogP contribution in [0.15, 0.2) is 53.1 Å². The average molecular weight is 336 g/mol. The van der Waals surface area contributed by atoms with Gasteiger partial charge in [-0.3, -0.25) is 4.79 Å². The van der Waals surface area contributed by atoms with Crippen molar-refractivity contribution in [3.63, 3.8) is 0 Å². The van der Waals surface area contributed by atoms with Crippen LogP contribution in [-0.4, -0.2) is 11.1 Å². The molecule has 3 rings (SSSR count). The Kier molecular flexibility index (Phi) is 4.84. The lowest BCUT2D eigenvalue weighted by molar-refractivity contribution is 0.101. The molecule has 1 heterocycles. The highest BCUT2D eigenvalue weighted by molar-refractivity contribution is 6.03. The molecular weight excluding hydrogens is 316 g/mol. The topological polar surface area (TPSA) is 64.4 Å². The first-order valence-electron chi connectivity index (χ1n) is 8.07. The average Bonchev–Trinajstić information content (AvgIpc) is 2.98. The van der Waals surface area contributed by atoms with Crippen molar-refractivity contribution in [1.82, 2.24) is 5.16 Å². The summed E-state index contributed by atoms with van der Waals surface area (Å²) in [6, 6.07) is 15.1. The Morgan fingerprint density at radius 3 is 2.60 bits per heavy atom. The fraction of sp³-hybridized carbons (Fsp3) is 0.200. The second-order valence-corrected chi connectivity index (χ2v) is 5.87. The lowest BCUT2D eigenvalue weighted by atomic mass is 10.1. The zero-order chi connectivity index (χ0) is 17.8. The second-order valence-electron chi connectivity index (χ2n) is 5.87. The number of nitrogens with zero attached hydrogens (tertiary/aromatic N) is 1. The number of aromatic nitrogens is 1. The van der Waals surface area contributed by atoms with Crippen molar-refractivity contribution in [3.8, 4) is 5.75 Å². The highest BCUT2D eigenvalue weighted by Gasteiger charge is 2.20. The van der Waals surface area contributed by atoms with Crippen LogP contribution in [0.1, 0.15) is 32.9 Å². The first kappa shape index (κ1) is 16.8. The maximum atomic E-state index is 12.5. The van der Waals surface area contributed by atoms with E-state index in [1.807, 2.05) is 62.4 Å². The summed E-state index contributed by atoms with van der Waals surface area (Å²) in [7, 11) is 0. The van der Waals surface area contributed by atoms with Gasteiger partial charge in [-0.15, -0.1) is 0 Å². The highest BCUT2D eigenvalue weighted by Crippen LogP contribution is 2.23. The number of hydrogen-bond acceptors (Lipinski definition) is 4. The number of para-hydroxylation sites is 1. The molecule has 0 aliphatic carbocycles. The van der Waals surface area contributed by atoms with Crippen molar-refractivity contribution < 1.29 is 14.1 Å². The van der Waals surface area contributed by atoms with E-state index in [2.05, 4.69) is 10.5 Å². The Balaban J connectivity index is 1.77. The third-order valence-corrected chi connectivity index (χ3v) is 4.16. The smallest absolute Gasteiger partial charge is 0.278 e. The van der Waals surface area contributed by atoms with Crippen LogP contribution in [0.3, 0.4) is 0 Å². The second kappa shape index (κ2) is 7.21. The van der Waals surface area contributed by atoms with E-state index in [1.54, 1.807) is 6.92 Å². The number of aryl methyl sites for hydroxylation is 2. The first-order valence-corrected chi connectivity index (χ1v) is 8.07. The molecule has 5 nitrogen and oxygen atoms in total. The van der Waals surface area contributed by atoms with Gasteiger partial charge in [0.1, 0.15) is 18.1 Å². The summed E-state index contributed by atoms with van der Waals surface area (Å²) in [5, 5.41) is 6.71. The summed E-state index contributed by atoms with van der Waals surface area (Å²) in [4.78, 5) is 12.5. The van der Waals surface area contributed by atoms with Crippen LogP contribution in [0.5, 0.6) is 5.75 Å². The molecule has 0 aliphatic rings.